The van der Waals surface area contributed by atoms with Crippen LogP contribution in [0.4, 0.5) is 8.78 Å². The minimum absolute atomic E-state index is 0.520. The molecule has 1 aromatic carbocycles. The van der Waals surface area contributed by atoms with Gasteiger partial charge in [-0.3, -0.25) is 0 Å². The highest BCUT2D eigenvalue weighted by Gasteiger charge is 2.12. The van der Waals surface area contributed by atoms with Gasteiger partial charge in [-0.25, -0.2) is 8.78 Å². The summed E-state index contributed by atoms with van der Waals surface area (Å²) in [5, 5.41) is 12.7. The van der Waals surface area contributed by atoms with E-state index in [9.17, 15) is 8.78 Å². The zero-order chi connectivity index (χ0) is 17.5. The van der Waals surface area contributed by atoms with Crippen molar-refractivity contribution in [3.05, 3.63) is 41.2 Å². The molecule has 0 saturated carbocycles. The molecule has 0 atom stereocenters. The highest BCUT2D eigenvalue weighted by Crippen LogP contribution is 2.16. The molecule has 0 saturated heterocycles. The quantitative estimate of drug-likeness (QED) is 0.551. The third kappa shape index (κ3) is 5.27. The lowest BCUT2D eigenvalue weighted by molar-refractivity contribution is 0.475. The van der Waals surface area contributed by atoms with Gasteiger partial charge in [0.15, 0.2) is 16.8 Å². The van der Waals surface area contributed by atoms with Crippen LogP contribution in [0.25, 0.3) is 0 Å². The molecule has 0 aliphatic carbocycles. The topological polar surface area (TPSA) is 42.7 Å². The number of hydrogen-bond acceptors (Lipinski definition) is 4. The van der Waals surface area contributed by atoms with E-state index >= 15 is 0 Å². The maximum absolute atomic E-state index is 13.1. The Labute approximate surface area is 146 Å². The van der Waals surface area contributed by atoms with Gasteiger partial charge in [0.25, 0.3) is 0 Å². The Bertz CT molecular complexity index is 658. The minimum atomic E-state index is -0.812. The first kappa shape index (κ1) is 18.9. The number of aromatic nitrogens is 3. The average molecular weight is 354 g/mol. The van der Waals surface area contributed by atoms with E-state index in [1.165, 1.54) is 6.07 Å². The zero-order valence-electron chi connectivity index (χ0n) is 14.4. The summed E-state index contributed by atoms with van der Waals surface area (Å²) >= 11 is 1.61. The summed E-state index contributed by atoms with van der Waals surface area (Å²) in [6.07, 6.45) is 3.76. The van der Waals surface area contributed by atoms with Crippen molar-refractivity contribution in [1.82, 2.24) is 20.1 Å². The van der Waals surface area contributed by atoms with Gasteiger partial charge in [-0.2, -0.15) is 0 Å². The van der Waals surface area contributed by atoms with Crippen molar-refractivity contribution in [2.45, 2.75) is 44.9 Å². The molecule has 0 amide bonds. The van der Waals surface area contributed by atoms with Crippen LogP contribution in [0.2, 0.25) is 0 Å². The number of aryl methyl sites for hydroxylation is 1. The highest BCUT2D eigenvalue weighted by atomic mass is 32.2. The normalized spacial score (nSPS) is 11.4. The van der Waals surface area contributed by atoms with Crippen molar-refractivity contribution in [3.63, 3.8) is 0 Å². The van der Waals surface area contributed by atoms with Crippen LogP contribution in [0.1, 0.15) is 31.7 Å². The summed E-state index contributed by atoms with van der Waals surface area (Å²) < 4.78 is 28.2. The summed E-state index contributed by atoms with van der Waals surface area (Å²) in [5.41, 5.74) is 0.738. The molecule has 7 heteroatoms. The van der Waals surface area contributed by atoms with Gasteiger partial charge >= 0.3 is 0 Å². The molecular weight excluding hydrogens is 330 g/mol. The second-order valence-electron chi connectivity index (χ2n) is 6.14. The molecule has 132 valence electrons. The van der Waals surface area contributed by atoms with Crippen LogP contribution in [0, 0.1) is 17.6 Å². The summed E-state index contributed by atoms with van der Waals surface area (Å²) in [7, 11) is 0. The van der Waals surface area contributed by atoms with Crippen LogP contribution in [0.5, 0.6) is 0 Å². The Morgan fingerprint density at radius 3 is 2.67 bits per heavy atom. The lowest BCUT2D eigenvalue weighted by Crippen LogP contribution is -2.17. The van der Waals surface area contributed by atoms with Crippen molar-refractivity contribution in [1.29, 1.82) is 0 Å². The Hall–Kier alpha value is -1.47. The molecule has 2 rings (SSSR count). The van der Waals surface area contributed by atoms with E-state index in [4.69, 9.17) is 0 Å². The lowest BCUT2D eigenvalue weighted by Gasteiger charge is -2.11. The minimum Gasteiger partial charge on any atom is -0.313 e. The number of benzene rings is 1. The third-order valence-electron chi connectivity index (χ3n) is 3.59. The van der Waals surface area contributed by atoms with Gasteiger partial charge in [-0.1, -0.05) is 31.7 Å². The maximum atomic E-state index is 13.1. The number of rotatable bonds is 9. The Morgan fingerprint density at radius 1 is 1.21 bits per heavy atom. The fourth-order valence-corrected chi connectivity index (χ4v) is 2.98. The first-order valence-corrected chi connectivity index (χ1v) is 9.34. The molecule has 1 aromatic heterocycles. The molecule has 0 fully saturated rings. The molecular formula is C17H24F2N4S. The SMILES string of the molecule is CSc1nnc(CCCNCc2ccc(F)c(F)c2)n1CC(C)C. The van der Waals surface area contributed by atoms with Gasteiger partial charge in [-0.05, 0) is 42.8 Å². The second kappa shape index (κ2) is 9.13. The summed E-state index contributed by atoms with van der Waals surface area (Å²) in [6.45, 7) is 6.57. The summed E-state index contributed by atoms with van der Waals surface area (Å²) in [5.74, 6) is -0.0756. The second-order valence-corrected chi connectivity index (χ2v) is 6.91. The van der Waals surface area contributed by atoms with Crippen LogP contribution < -0.4 is 5.32 Å². The monoisotopic (exact) mass is 354 g/mol. The predicted molar refractivity (Wildman–Crippen MR) is 93.0 cm³/mol. The van der Waals surface area contributed by atoms with E-state index in [2.05, 4.69) is 33.9 Å². The van der Waals surface area contributed by atoms with Crippen molar-refractivity contribution >= 4 is 11.8 Å². The van der Waals surface area contributed by atoms with Crippen molar-refractivity contribution in [3.8, 4) is 0 Å². The van der Waals surface area contributed by atoms with Crippen molar-refractivity contribution < 1.29 is 8.78 Å². The number of thioether (sulfide) groups is 1. The number of nitrogens with one attached hydrogen (secondary N) is 1. The average Bonchev–Trinajstić information content (AvgIpc) is 2.91. The van der Waals surface area contributed by atoms with E-state index < -0.39 is 11.6 Å². The Kier molecular flexibility index (Phi) is 7.17. The van der Waals surface area contributed by atoms with Crippen LogP contribution >= 0.6 is 11.8 Å². The third-order valence-corrected chi connectivity index (χ3v) is 4.26. The Morgan fingerprint density at radius 2 is 2.00 bits per heavy atom. The zero-order valence-corrected chi connectivity index (χ0v) is 15.2. The molecule has 2 aromatic rings. The molecule has 0 unspecified atom stereocenters. The van der Waals surface area contributed by atoms with Gasteiger partial charge in [0.1, 0.15) is 5.82 Å². The molecule has 4 nitrogen and oxygen atoms in total. The van der Waals surface area contributed by atoms with Gasteiger partial charge in [0.05, 0.1) is 0 Å². The lowest BCUT2D eigenvalue weighted by atomic mass is 10.2. The smallest absolute Gasteiger partial charge is 0.190 e. The first-order chi connectivity index (χ1) is 11.5. The van der Waals surface area contributed by atoms with Crippen molar-refractivity contribution in [2.24, 2.45) is 5.92 Å². The van der Waals surface area contributed by atoms with E-state index in [0.29, 0.717) is 12.5 Å². The van der Waals surface area contributed by atoms with Gasteiger partial charge < -0.3 is 9.88 Å². The first-order valence-electron chi connectivity index (χ1n) is 8.12. The van der Waals surface area contributed by atoms with E-state index in [-0.39, 0.29) is 0 Å². The number of nitrogens with zero attached hydrogens (tertiary/aromatic N) is 3. The van der Waals surface area contributed by atoms with E-state index in [1.54, 1.807) is 17.8 Å². The fourth-order valence-electron chi connectivity index (χ4n) is 2.46. The summed E-state index contributed by atoms with van der Waals surface area (Å²) in [6, 6.07) is 3.98. The van der Waals surface area contributed by atoms with Crippen molar-refractivity contribution in [2.75, 3.05) is 12.8 Å². The molecule has 0 radical (unpaired) electrons. The van der Waals surface area contributed by atoms with Gasteiger partial charge in [0.2, 0.25) is 0 Å². The number of halogens is 2. The van der Waals surface area contributed by atoms with E-state index in [0.717, 1.165) is 48.5 Å². The van der Waals surface area contributed by atoms with Crippen LogP contribution in [0.15, 0.2) is 23.4 Å². The summed E-state index contributed by atoms with van der Waals surface area (Å²) in [4.78, 5) is 0. The molecule has 0 aliphatic rings. The van der Waals surface area contributed by atoms with Gasteiger partial charge in [-0.15, -0.1) is 10.2 Å². The molecule has 0 spiro atoms. The number of hydrogen-bond donors (Lipinski definition) is 1. The van der Waals surface area contributed by atoms with Crippen LogP contribution in [-0.4, -0.2) is 27.6 Å². The van der Waals surface area contributed by atoms with E-state index in [1.807, 2.05) is 6.26 Å². The highest BCUT2D eigenvalue weighted by molar-refractivity contribution is 7.98. The van der Waals surface area contributed by atoms with Crippen LogP contribution in [-0.2, 0) is 19.5 Å². The molecule has 24 heavy (non-hydrogen) atoms. The standard InChI is InChI=1S/C17H24F2N4S/c1-12(2)11-23-16(21-22-17(23)24-3)5-4-8-20-10-13-6-7-14(18)15(19)9-13/h6-7,9,12,20H,4-5,8,10-11H2,1-3H3. The van der Waals surface area contributed by atoms with Crippen LogP contribution in [0.3, 0.4) is 0 Å². The molecule has 0 aliphatic heterocycles. The molecule has 1 N–H and O–H groups in total. The predicted octanol–water partition coefficient (Wildman–Crippen LogP) is 3.66. The maximum Gasteiger partial charge on any atom is 0.190 e. The van der Waals surface area contributed by atoms with Gasteiger partial charge in [0, 0.05) is 19.5 Å². The largest absolute Gasteiger partial charge is 0.313 e. The molecule has 1 heterocycles. The molecule has 0 bridgehead atoms. The Balaban J connectivity index is 1.80. The fraction of sp³-hybridized carbons (Fsp3) is 0.529.